The molecule has 0 N–H and O–H groups in total. The molecule has 1 aliphatic carbocycles. The zero-order valence-corrected chi connectivity index (χ0v) is 7.64. The maximum Gasteiger partial charge on any atom is 0.0441 e. The summed E-state index contributed by atoms with van der Waals surface area (Å²) in [5.74, 6) is 0.720. The summed E-state index contributed by atoms with van der Waals surface area (Å²) in [5.41, 5.74) is 2.47. The SMILES string of the molecule is C=Cc1ccc(Cl)c(C2CC2)c1. The first-order valence-corrected chi connectivity index (χ1v) is 4.61. The second kappa shape index (κ2) is 2.95. The zero-order chi connectivity index (χ0) is 8.55. The van der Waals surface area contributed by atoms with Gasteiger partial charge >= 0.3 is 0 Å². The van der Waals surface area contributed by atoms with Gasteiger partial charge in [-0.1, -0.05) is 36.4 Å². The zero-order valence-electron chi connectivity index (χ0n) is 6.89. The third-order valence-electron chi connectivity index (χ3n) is 2.27. The standard InChI is InChI=1S/C11H11Cl/c1-2-8-3-6-11(12)10(7-8)9-4-5-9/h2-3,6-7,9H,1,4-5H2. The molecule has 1 heteroatoms. The number of hydrogen-bond acceptors (Lipinski definition) is 0. The van der Waals surface area contributed by atoms with Crippen molar-refractivity contribution in [2.75, 3.05) is 0 Å². The smallest absolute Gasteiger partial charge is 0.0441 e. The minimum atomic E-state index is 0.720. The molecule has 2 rings (SSSR count). The van der Waals surface area contributed by atoms with Crippen molar-refractivity contribution in [2.24, 2.45) is 0 Å². The van der Waals surface area contributed by atoms with Gasteiger partial charge in [0.1, 0.15) is 0 Å². The summed E-state index contributed by atoms with van der Waals surface area (Å²) in [7, 11) is 0. The van der Waals surface area contributed by atoms with Gasteiger partial charge in [0, 0.05) is 5.02 Å². The minimum absolute atomic E-state index is 0.720. The van der Waals surface area contributed by atoms with E-state index in [-0.39, 0.29) is 0 Å². The van der Waals surface area contributed by atoms with Gasteiger partial charge in [0.2, 0.25) is 0 Å². The van der Waals surface area contributed by atoms with Crippen molar-refractivity contribution >= 4 is 17.7 Å². The number of hydrogen-bond donors (Lipinski definition) is 0. The molecule has 62 valence electrons. The summed E-state index contributed by atoms with van der Waals surface area (Å²) in [4.78, 5) is 0. The summed E-state index contributed by atoms with van der Waals surface area (Å²) >= 11 is 6.05. The fourth-order valence-electron chi connectivity index (χ4n) is 1.40. The highest BCUT2D eigenvalue weighted by molar-refractivity contribution is 6.31. The van der Waals surface area contributed by atoms with Gasteiger partial charge < -0.3 is 0 Å². The van der Waals surface area contributed by atoms with E-state index in [4.69, 9.17) is 11.6 Å². The summed E-state index contributed by atoms with van der Waals surface area (Å²) in [6, 6.07) is 6.11. The molecule has 0 amide bonds. The molecular weight excluding hydrogens is 168 g/mol. The van der Waals surface area contributed by atoms with Gasteiger partial charge in [-0.15, -0.1) is 0 Å². The van der Waals surface area contributed by atoms with E-state index in [1.165, 1.54) is 24.0 Å². The average molecular weight is 179 g/mol. The first kappa shape index (κ1) is 7.88. The molecular formula is C11H11Cl. The Kier molecular flexibility index (Phi) is 1.93. The molecule has 0 spiro atoms. The van der Waals surface area contributed by atoms with Crippen LogP contribution in [-0.4, -0.2) is 0 Å². The van der Waals surface area contributed by atoms with Gasteiger partial charge in [0.25, 0.3) is 0 Å². The maximum atomic E-state index is 6.05. The van der Waals surface area contributed by atoms with Crippen LogP contribution in [0.5, 0.6) is 0 Å². The van der Waals surface area contributed by atoms with Gasteiger partial charge in [0.05, 0.1) is 0 Å². The van der Waals surface area contributed by atoms with Gasteiger partial charge in [-0.25, -0.2) is 0 Å². The molecule has 0 heterocycles. The number of rotatable bonds is 2. The van der Waals surface area contributed by atoms with E-state index in [2.05, 4.69) is 12.6 Å². The van der Waals surface area contributed by atoms with Crippen LogP contribution in [0.15, 0.2) is 24.8 Å². The second-order valence-corrected chi connectivity index (χ2v) is 3.67. The van der Waals surface area contributed by atoms with Crippen molar-refractivity contribution in [3.8, 4) is 0 Å². The van der Waals surface area contributed by atoms with Crippen molar-refractivity contribution in [3.63, 3.8) is 0 Å². The van der Waals surface area contributed by atoms with Crippen LogP contribution in [0.4, 0.5) is 0 Å². The second-order valence-electron chi connectivity index (χ2n) is 3.26. The van der Waals surface area contributed by atoms with Gasteiger partial charge in [0.15, 0.2) is 0 Å². The first-order valence-electron chi connectivity index (χ1n) is 4.23. The molecule has 12 heavy (non-hydrogen) atoms. The monoisotopic (exact) mass is 178 g/mol. The summed E-state index contributed by atoms with van der Waals surface area (Å²) in [6.45, 7) is 3.74. The highest BCUT2D eigenvalue weighted by Crippen LogP contribution is 2.43. The third-order valence-corrected chi connectivity index (χ3v) is 2.62. The Morgan fingerprint density at radius 3 is 2.75 bits per heavy atom. The van der Waals surface area contributed by atoms with Crippen LogP contribution in [0.2, 0.25) is 5.02 Å². The summed E-state index contributed by atoms with van der Waals surface area (Å²) in [5, 5.41) is 0.906. The average Bonchev–Trinajstić information content (AvgIpc) is 2.88. The quantitative estimate of drug-likeness (QED) is 0.645. The lowest BCUT2D eigenvalue weighted by atomic mass is 10.1. The van der Waals surface area contributed by atoms with Crippen LogP contribution in [-0.2, 0) is 0 Å². The lowest BCUT2D eigenvalue weighted by molar-refractivity contribution is 1.13. The minimum Gasteiger partial charge on any atom is -0.0985 e. The Morgan fingerprint density at radius 1 is 1.42 bits per heavy atom. The largest absolute Gasteiger partial charge is 0.0985 e. The molecule has 1 fully saturated rings. The van der Waals surface area contributed by atoms with E-state index in [9.17, 15) is 0 Å². The summed E-state index contributed by atoms with van der Waals surface area (Å²) < 4.78 is 0. The molecule has 0 aromatic heterocycles. The van der Waals surface area contributed by atoms with E-state index in [1.54, 1.807) is 0 Å². The maximum absolute atomic E-state index is 6.05. The molecule has 1 aromatic carbocycles. The Morgan fingerprint density at radius 2 is 2.17 bits per heavy atom. The normalized spacial score (nSPS) is 16.1. The highest BCUT2D eigenvalue weighted by Gasteiger charge is 2.25. The van der Waals surface area contributed by atoms with E-state index in [1.807, 2.05) is 18.2 Å². The van der Waals surface area contributed by atoms with Crippen LogP contribution in [0.25, 0.3) is 6.08 Å². The Balaban J connectivity index is 2.42. The molecule has 1 aromatic rings. The fourth-order valence-corrected chi connectivity index (χ4v) is 1.67. The van der Waals surface area contributed by atoms with Crippen molar-refractivity contribution in [2.45, 2.75) is 18.8 Å². The fraction of sp³-hybridized carbons (Fsp3) is 0.273. The Hall–Kier alpha value is -0.750. The van der Waals surface area contributed by atoms with Crippen LogP contribution in [0.1, 0.15) is 29.9 Å². The molecule has 0 bridgehead atoms. The molecule has 0 saturated heterocycles. The van der Waals surface area contributed by atoms with E-state index < -0.39 is 0 Å². The number of benzene rings is 1. The highest BCUT2D eigenvalue weighted by atomic mass is 35.5. The van der Waals surface area contributed by atoms with Crippen molar-refractivity contribution in [3.05, 3.63) is 40.9 Å². The lowest BCUT2D eigenvalue weighted by Gasteiger charge is -2.02. The van der Waals surface area contributed by atoms with Crippen LogP contribution < -0.4 is 0 Å². The molecule has 0 nitrogen and oxygen atoms in total. The van der Waals surface area contributed by atoms with Crippen molar-refractivity contribution < 1.29 is 0 Å². The number of halogens is 1. The first-order chi connectivity index (χ1) is 5.81. The van der Waals surface area contributed by atoms with Crippen LogP contribution in [0.3, 0.4) is 0 Å². The van der Waals surface area contributed by atoms with E-state index in [0.717, 1.165) is 10.9 Å². The molecule has 0 unspecified atom stereocenters. The predicted molar refractivity (Wildman–Crippen MR) is 53.5 cm³/mol. The molecule has 0 atom stereocenters. The Labute approximate surface area is 77.9 Å². The van der Waals surface area contributed by atoms with Crippen molar-refractivity contribution in [1.29, 1.82) is 0 Å². The lowest BCUT2D eigenvalue weighted by Crippen LogP contribution is -1.82. The van der Waals surface area contributed by atoms with Gasteiger partial charge in [-0.05, 0) is 36.0 Å². The van der Waals surface area contributed by atoms with Gasteiger partial charge in [-0.3, -0.25) is 0 Å². The molecule has 1 saturated carbocycles. The molecule has 0 aliphatic heterocycles. The topological polar surface area (TPSA) is 0 Å². The van der Waals surface area contributed by atoms with E-state index in [0.29, 0.717) is 0 Å². The third kappa shape index (κ3) is 1.39. The predicted octanol–water partition coefficient (Wildman–Crippen LogP) is 3.86. The van der Waals surface area contributed by atoms with Crippen LogP contribution in [0, 0.1) is 0 Å². The van der Waals surface area contributed by atoms with Crippen molar-refractivity contribution in [1.82, 2.24) is 0 Å². The van der Waals surface area contributed by atoms with E-state index >= 15 is 0 Å². The molecule has 0 radical (unpaired) electrons. The van der Waals surface area contributed by atoms with Gasteiger partial charge in [-0.2, -0.15) is 0 Å². The Bertz CT molecular complexity index is 311. The van der Waals surface area contributed by atoms with Crippen LogP contribution >= 0.6 is 11.6 Å². The summed E-state index contributed by atoms with van der Waals surface area (Å²) in [6.07, 6.45) is 4.45. The molecule has 1 aliphatic rings.